The smallest absolute Gasteiger partial charge is 0.239 e. The zero-order valence-electron chi connectivity index (χ0n) is 6.72. The standard InChI is InChI=1S/C7H14Cl2OSi/c1-3-5-10-7(4-2)6-11(8)9/h3,7,11H,1,4-6H2,2H3. The van der Waals surface area contributed by atoms with Gasteiger partial charge in [0.25, 0.3) is 0 Å². The lowest BCUT2D eigenvalue weighted by Gasteiger charge is -2.14. The summed E-state index contributed by atoms with van der Waals surface area (Å²) in [6.07, 6.45) is 2.93. The third kappa shape index (κ3) is 6.88. The molecule has 0 aromatic heterocycles. The van der Waals surface area contributed by atoms with E-state index in [2.05, 4.69) is 13.5 Å². The van der Waals surface area contributed by atoms with Crippen LogP contribution in [0.1, 0.15) is 13.3 Å². The molecule has 0 saturated carbocycles. The molecule has 1 unspecified atom stereocenters. The molecule has 0 fully saturated rings. The third-order valence-electron chi connectivity index (χ3n) is 1.35. The molecule has 0 aliphatic heterocycles. The van der Waals surface area contributed by atoms with Crippen LogP contribution in [0, 0.1) is 0 Å². The maximum absolute atomic E-state index is 5.73. The highest BCUT2D eigenvalue weighted by molar-refractivity contribution is 7.33. The molecule has 1 atom stereocenters. The van der Waals surface area contributed by atoms with Crippen molar-refractivity contribution in [1.29, 1.82) is 0 Å². The normalized spacial score (nSPS) is 13.5. The van der Waals surface area contributed by atoms with E-state index in [4.69, 9.17) is 26.9 Å². The molecule has 66 valence electrons. The molecule has 1 nitrogen and oxygen atoms in total. The molecule has 0 aromatic rings. The van der Waals surface area contributed by atoms with Gasteiger partial charge in [-0.2, -0.15) is 22.2 Å². The Hall–Kier alpha value is 0.497. The Kier molecular flexibility index (Phi) is 7.49. The van der Waals surface area contributed by atoms with Crippen LogP contribution in [0.25, 0.3) is 0 Å². The van der Waals surface area contributed by atoms with Crippen LogP contribution >= 0.6 is 22.2 Å². The van der Waals surface area contributed by atoms with Gasteiger partial charge in [-0.05, 0) is 12.5 Å². The van der Waals surface area contributed by atoms with E-state index in [0.29, 0.717) is 6.61 Å². The molecule has 0 aliphatic rings. The number of hydrogen-bond donors (Lipinski definition) is 0. The Balaban J connectivity index is 3.48. The van der Waals surface area contributed by atoms with Crippen LogP contribution in [0.3, 0.4) is 0 Å². The van der Waals surface area contributed by atoms with Crippen LogP contribution in [0.15, 0.2) is 12.7 Å². The first-order valence-corrected chi connectivity index (χ1v) is 8.02. The molecule has 0 aliphatic carbocycles. The van der Waals surface area contributed by atoms with Crippen molar-refractivity contribution in [3.05, 3.63) is 12.7 Å². The van der Waals surface area contributed by atoms with Gasteiger partial charge in [-0.15, -0.1) is 6.58 Å². The molecule has 0 radical (unpaired) electrons. The van der Waals surface area contributed by atoms with E-state index < -0.39 is 7.42 Å². The van der Waals surface area contributed by atoms with Crippen LogP contribution in [-0.2, 0) is 4.74 Å². The van der Waals surface area contributed by atoms with E-state index >= 15 is 0 Å². The molecule has 0 rings (SSSR count). The van der Waals surface area contributed by atoms with Crippen molar-refractivity contribution in [1.82, 2.24) is 0 Å². The fraction of sp³-hybridized carbons (Fsp3) is 0.714. The summed E-state index contributed by atoms with van der Waals surface area (Å²) in [6.45, 7) is 6.22. The Bertz CT molecular complexity index is 109. The number of rotatable bonds is 6. The summed E-state index contributed by atoms with van der Waals surface area (Å²) in [5.41, 5.74) is 0. The van der Waals surface area contributed by atoms with Gasteiger partial charge >= 0.3 is 0 Å². The van der Waals surface area contributed by atoms with Crippen molar-refractivity contribution >= 4 is 29.6 Å². The van der Waals surface area contributed by atoms with Gasteiger partial charge < -0.3 is 4.74 Å². The van der Waals surface area contributed by atoms with Crippen LogP contribution in [0.4, 0.5) is 0 Å². The van der Waals surface area contributed by atoms with Gasteiger partial charge in [0.15, 0.2) is 0 Å². The molecule has 0 aromatic carbocycles. The van der Waals surface area contributed by atoms with E-state index in [1.807, 2.05) is 0 Å². The summed E-state index contributed by atoms with van der Waals surface area (Å²) >= 11 is 11.5. The average molecular weight is 213 g/mol. The van der Waals surface area contributed by atoms with Crippen LogP contribution in [0.5, 0.6) is 0 Å². The number of hydrogen-bond acceptors (Lipinski definition) is 1. The first kappa shape index (κ1) is 11.5. The van der Waals surface area contributed by atoms with Crippen molar-refractivity contribution in [2.24, 2.45) is 0 Å². The SMILES string of the molecule is C=CCOC(CC)C[SiH](Cl)Cl. The van der Waals surface area contributed by atoms with E-state index in [0.717, 1.165) is 12.5 Å². The molecular weight excluding hydrogens is 199 g/mol. The fourth-order valence-corrected chi connectivity index (χ4v) is 2.81. The minimum Gasteiger partial charge on any atom is -0.374 e. The zero-order valence-corrected chi connectivity index (χ0v) is 9.39. The average Bonchev–Trinajstić information content (AvgIpc) is 1.97. The number of ether oxygens (including phenoxy) is 1. The molecule has 0 heterocycles. The van der Waals surface area contributed by atoms with Crippen LogP contribution in [0.2, 0.25) is 6.04 Å². The van der Waals surface area contributed by atoms with Gasteiger partial charge in [-0.3, -0.25) is 0 Å². The van der Waals surface area contributed by atoms with E-state index in [-0.39, 0.29) is 6.10 Å². The van der Waals surface area contributed by atoms with Gasteiger partial charge in [0, 0.05) is 0 Å². The van der Waals surface area contributed by atoms with Gasteiger partial charge in [0.1, 0.15) is 0 Å². The van der Waals surface area contributed by atoms with E-state index in [9.17, 15) is 0 Å². The zero-order chi connectivity index (χ0) is 8.69. The highest BCUT2D eigenvalue weighted by Crippen LogP contribution is 2.12. The third-order valence-corrected chi connectivity index (χ3v) is 3.30. The minimum absolute atomic E-state index is 0.222. The molecule has 0 amide bonds. The highest BCUT2D eigenvalue weighted by Gasteiger charge is 2.11. The predicted molar refractivity (Wildman–Crippen MR) is 53.9 cm³/mol. The maximum atomic E-state index is 5.73. The molecule has 11 heavy (non-hydrogen) atoms. The Morgan fingerprint density at radius 3 is 2.64 bits per heavy atom. The summed E-state index contributed by atoms with van der Waals surface area (Å²) < 4.78 is 5.40. The van der Waals surface area contributed by atoms with Crippen LogP contribution in [-0.4, -0.2) is 20.1 Å². The molecular formula is C7H14Cl2OSi. The summed E-state index contributed by atoms with van der Waals surface area (Å²) in [5.74, 6) is 0. The summed E-state index contributed by atoms with van der Waals surface area (Å²) in [6, 6.07) is 0.827. The summed E-state index contributed by atoms with van der Waals surface area (Å²) in [7, 11) is -1.50. The topological polar surface area (TPSA) is 9.23 Å². The van der Waals surface area contributed by atoms with Crippen molar-refractivity contribution in [2.45, 2.75) is 25.5 Å². The molecule has 0 spiro atoms. The van der Waals surface area contributed by atoms with Gasteiger partial charge in [-0.1, -0.05) is 13.0 Å². The minimum atomic E-state index is -1.50. The fourth-order valence-electron chi connectivity index (χ4n) is 0.755. The summed E-state index contributed by atoms with van der Waals surface area (Å²) in [5, 5.41) is 0. The second-order valence-electron chi connectivity index (χ2n) is 2.28. The van der Waals surface area contributed by atoms with Crippen molar-refractivity contribution in [2.75, 3.05) is 6.61 Å². The lowest BCUT2D eigenvalue weighted by Crippen LogP contribution is -2.15. The molecule has 0 saturated heterocycles. The lowest BCUT2D eigenvalue weighted by molar-refractivity contribution is 0.0859. The quantitative estimate of drug-likeness (QED) is 0.374. The van der Waals surface area contributed by atoms with E-state index in [1.165, 1.54) is 0 Å². The number of halogens is 2. The summed E-state index contributed by atoms with van der Waals surface area (Å²) in [4.78, 5) is 0. The van der Waals surface area contributed by atoms with Gasteiger partial charge in [0.2, 0.25) is 7.42 Å². The first-order chi connectivity index (χ1) is 5.20. The Morgan fingerprint density at radius 2 is 2.27 bits per heavy atom. The molecule has 0 N–H and O–H groups in total. The maximum Gasteiger partial charge on any atom is 0.239 e. The van der Waals surface area contributed by atoms with Crippen LogP contribution < -0.4 is 0 Å². The lowest BCUT2D eigenvalue weighted by atomic mass is 10.3. The van der Waals surface area contributed by atoms with Gasteiger partial charge in [-0.25, -0.2) is 0 Å². The molecule has 4 heteroatoms. The predicted octanol–water partition coefficient (Wildman–Crippen LogP) is 2.67. The van der Waals surface area contributed by atoms with Crippen molar-refractivity contribution in [3.63, 3.8) is 0 Å². The highest BCUT2D eigenvalue weighted by atomic mass is 35.7. The van der Waals surface area contributed by atoms with Crippen molar-refractivity contribution < 1.29 is 4.74 Å². The van der Waals surface area contributed by atoms with Gasteiger partial charge in [0.05, 0.1) is 12.7 Å². The monoisotopic (exact) mass is 212 g/mol. The first-order valence-electron chi connectivity index (χ1n) is 3.71. The van der Waals surface area contributed by atoms with Crippen molar-refractivity contribution in [3.8, 4) is 0 Å². The second kappa shape index (κ2) is 7.16. The second-order valence-corrected chi connectivity index (χ2v) is 7.36. The largest absolute Gasteiger partial charge is 0.374 e. The van der Waals surface area contributed by atoms with E-state index in [1.54, 1.807) is 6.08 Å². The Morgan fingerprint density at radius 1 is 1.64 bits per heavy atom. The Labute approximate surface area is 79.3 Å². The molecule has 0 bridgehead atoms.